The molecule has 3 heterocycles. The van der Waals surface area contributed by atoms with Gasteiger partial charge in [-0.1, -0.05) is 6.07 Å². The first-order valence-electron chi connectivity index (χ1n) is 10.6. The number of fused-ring (bicyclic) bond motifs is 3. The van der Waals surface area contributed by atoms with Gasteiger partial charge in [-0.2, -0.15) is 0 Å². The summed E-state index contributed by atoms with van der Waals surface area (Å²) in [5.41, 5.74) is 6.82. The molecule has 1 amide bonds. The molecule has 5 rings (SSSR count). The normalized spacial score (nSPS) is 16.9. The van der Waals surface area contributed by atoms with Crippen LogP contribution in [0, 0.1) is 13.8 Å². The number of carbonyl (C=O) groups is 1. The van der Waals surface area contributed by atoms with Crippen molar-refractivity contribution in [1.29, 1.82) is 0 Å². The molecule has 2 aromatic heterocycles. The topological polar surface area (TPSA) is 65.1 Å². The molecular formula is C23H27N5O. The molecule has 3 aromatic rings. The number of H-pyrrole nitrogens is 1. The third kappa shape index (κ3) is 3.16. The lowest BCUT2D eigenvalue weighted by Gasteiger charge is -2.36. The summed E-state index contributed by atoms with van der Waals surface area (Å²) in [4.78, 5) is 29.6. The first-order chi connectivity index (χ1) is 14.1. The number of anilines is 1. The highest BCUT2D eigenvalue weighted by molar-refractivity contribution is 5.99. The summed E-state index contributed by atoms with van der Waals surface area (Å²) in [7, 11) is 0. The Morgan fingerprint density at radius 3 is 2.66 bits per heavy atom. The number of aryl methyl sites for hydroxylation is 3. The number of aromatic nitrogens is 3. The minimum Gasteiger partial charge on any atom is -0.358 e. The second kappa shape index (κ2) is 7.17. The molecule has 0 unspecified atom stereocenters. The van der Waals surface area contributed by atoms with Crippen LogP contribution in [0.3, 0.4) is 0 Å². The summed E-state index contributed by atoms with van der Waals surface area (Å²) in [6, 6.07) is 6.17. The van der Waals surface area contributed by atoms with Crippen molar-refractivity contribution in [1.82, 2.24) is 19.9 Å². The average Bonchev–Trinajstić information content (AvgIpc) is 3.13. The Labute approximate surface area is 171 Å². The van der Waals surface area contributed by atoms with Crippen LogP contribution >= 0.6 is 0 Å². The largest absolute Gasteiger partial charge is 0.358 e. The van der Waals surface area contributed by atoms with Gasteiger partial charge in [-0.15, -0.1) is 0 Å². The van der Waals surface area contributed by atoms with Gasteiger partial charge in [0.25, 0.3) is 5.91 Å². The third-order valence-corrected chi connectivity index (χ3v) is 6.52. The van der Waals surface area contributed by atoms with Gasteiger partial charge >= 0.3 is 0 Å². The molecule has 6 nitrogen and oxygen atoms in total. The van der Waals surface area contributed by atoms with Crippen LogP contribution in [0.4, 0.5) is 5.82 Å². The maximum atomic E-state index is 13.1. The summed E-state index contributed by atoms with van der Waals surface area (Å²) < 4.78 is 0. The predicted octanol–water partition coefficient (Wildman–Crippen LogP) is 3.42. The highest BCUT2D eigenvalue weighted by atomic mass is 16.2. The summed E-state index contributed by atoms with van der Waals surface area (Å²) >= 11 is 0. The fourth-order valence-electron chi connectivity index (χ4n) is 4.70. The molecule has 6 heteroatoms. The van der Waals surface area contributed by atoms with E-state index < -0.39 is 0 Å². The Morgan fingerprint density at radius 1 is 1.03 bits per heavy atom. The van der Waals surface area contributed by atoms with Gasteiger partial charge in [0, 0.05) is 59.6 Å². The molecule has 0 spiro atoms. The zero-order chi connectivity index (χ0) is 20.0. The van der Waals surface area contributed by atoms with Gasteiger partial charge in [-0.3, -0.25) is 4.79 Å². The van der Waals surface area contributed by atoms with Gasteiger partial charge in [0.2, 0.25) is 0 Å². The molecule has 0 atom stereocenters. The minimum absolute atomic E-state index is 0.120. The van der Waals surface area contributed by atoms with Gasteiger partial charge < -0.3 is 14.8 Å². The van der Waals surface area contributed by atoms with Crippen LogP contribution in [0.5, 0.6) is 0 Å². The van der Waals surface area contributed by atoms with Crippen LogP contribution in [0.15, 0.2) is 24.5 Å². The number of nitrogens with one attached hydrogen (secondary N) is 1. The average molecular weight is 390 g/mol. The number of nitrogens with zero attached hydrogens (tertiary/aromatic N) is 4. The summed E-state index contributed by atoms with van der Waals surface area (Å²) in [6.07, 6.45) is 6.40. The molecule has 1 aliphatic heterocycles. The summed E-state index contributed by atoms with van der Waals surface area (Å²) in [5, 5.41) is 1.29. The molecule has 0 radical (unpaired) electrons. The number of rotatable bonds is 2. The quantitative estimate of drug-likeness (QED) is 0.729. The Balaban J connectivity index is 1.32. The van der Waals surface area contributed by atoms with Crippen LogP contribution in [0.25, 0.3) is 10.9 Å². The number of aromatic amines is 1. The van der Waals surface area contributed by atoms with Crippen molar-refractivity contribution in [2.45, 2.75) is 39.5 Å². The smallest absolute Gasteiger partial charge is 0.254 e. The molecule has 1 fully saturated rings. The molecule has 1 aromatic carbocycles. The first kappa shape index (κ1) is 18.2. The molecule has 0 saturated carbocycles. The van der Waals surface area contributed by atoms with Crippen molar-refractivity contribution in [2.75, 3.05) is 31.1 Å². The number of amides is 1. The van der Waals surface area contributed by atoms with E-state index in [0.29, 0.717) is 13.1 Å². The van der Waals surface area contributed by atoms with Gasteiger partial charge in [0.05, 0.1) is 0 Å². The number of piperazine rings is 1. The Morgan fingerprint density at radius 2 is 1.83 bits per heavy atom. The zero-order valence-corrected chi connectivity index (χ0v) is 17.2. The second-order valence-corrected chi connectivity index (χ2v) is 8.24. The molecule has 1 N–H and O–H groups in total. The highest BCUT2D eigenvalue weighted by Crippen LogP contribution is 2.30. The van der Waals surface area contributed by atoms with Gasteiger partial charge in [-0.25, -0.2) is 9.97 Å². The molecular weight excluding hydrogens is 362 g/mol. The molecule has 1 saturated heterocycles. The van der Waals surface area contributed by atoms with E-state index in [1.807, 2.05) is 24.0 Å². The SMILES string of the molecule is Cc1ncnc(N2CCN(C(=O)c3ccc4c5c([nH]c4c3)CCCC5)CC2)c1C. The monoisotopic (exact) mass is 389 g/mol. The lowest BCUT2D eigenvalue weighted by Crippen LogP contribution is -2.49. The number of carbonyl (C=O) groups excluding carboxylic acids is 1. The van der Waals surface area contributed by atoms with E-state index in [9.17, 15) is 4.79 Å². The third-order valence-electron chi connectivity index (χ3n) is 6.52. The first-order valence-corrected chi connectivity index (χ1v) is 10.6. The summed E-state index contributed by atoms with van der Waals surface area (Å²) in [5.74, 6) is 1.11. The second-order valence-electron chi connectivity index (χ2n) is 8.24. The number of hydrogen-bond acceptors (Lipinski definition) is 4. The number of hydrogen-bond donors (Lipinski definition) is 1. The van der Waals surface area contributed by atoms with E-state index in [0.717, 1.165) is 54.1 Å². The van der Waals surface area contributed by atoms with E-state index in [-0.39, 0.29) is 5.91 Å². The molecule has 2 aliphatic rings. The van der Waals surface area contributed by atoms with Crippen molar-refractivity contribution in [3.63, 3.8) is 0 Å². The summed E-state index contributed by atoms with van der Waals surface area (Å²) in [6.45, 7) is 7.08. The lowest BCUT2D eigenvalue weighted by molar-refractivity contribution is 0.0746. The van der Waals surface area contributed by atoms with Crippen molar-refractivity contribution in [3.05, 3.63) is 52.6 Å². The maximum absolute atomic E-state index is 13.1. The fraction of sp³-hybridized carbons (Fsp3) is 0.435. The van der Waals surface area contributed by atoms with Crippen LogP contribution in [0.1, 0.15) is 45.7 Å². The standard InChI is InChI=1S/C23H27N5O/c1-15-16(2)24-14-25-22(15)27-9-11-28(12-10-27)23(29)17-7-8-19-18-5-3-4-6-20(18)26-21(19)13-17/h7-8,13-14,26H,3-6,9-12H2,1-2H3. The van der Waals surface area contributed by atoms with E-state index in [4.69, 9.17) is 0 Å². The van der Waals surface area contributed by atoms with Gasteiger partial charge in [0.15, 0.2) is 0 Å². The Bertz CT molecular complexity index is 1080. The highest BCUT2D eigenvalue weighted by Gasteiger charge is 2.25. The lowest BCUT2D eigenvalue weighted by atomic mass is 9.95. The zero-order valence-electron chi connectivity index (χ0n) is 17.2. The molecule has 150 valence electrons. The molecule has 29 heavy (non-hydrogen) atoms. The number of benzene rings is 1. The fourth-order valence-corrected chi connectivity index (χ4v) is 4.70. The van der Waals surface area contributed by atoms with E-state index >= 15 is 0 Å². The van der Waals surface area contributed by atoms with Crippen molar-refractivity contribution >= 4 is 22.6 Å². The van der Waals surface area contributed by atoms with Crippen LogP contribution < -0.4 is 4.90 Å². The van der Waals surface area contributed by atoms with Crippen molar-refractivity contribution < 1.29 is 4.79 Å². The van der Waals surface area contributed by atoms with E-state index in [1.54, 1.807) is 6.33 Å². The molecule has 0 bridgehead atoms. The Kier molecular flexibility index (Phi) is 4.49. The van der Waals surface area contributed by atoms with E-state index in [1.165, 1.54) is 29.5 Å². The van der Waals surface area contributed by atoms with Crippen LogP contribution in [0.2, 0.25) is 0 Å². The van der Waals surface area contributed by atoms with Gasteiger partial charge in [-0.05, 0) is 57.2 Å². The Hall–Kier alpha value is -2.89. The molecule has 1 aliphatic carbocycles. The van der Waals surface area contributed by atoms with Crippen LogP contribution in [-0.4, -0.2) is 51.9 Å². The van der Waals surface area contributed by atoms with Crippen molar-refractivity contribution in [2.24, 2.45) is 0 Å². The van der Waals surface area contributed by atoms with Crippen molar-refractivity contribution in [3.8, 4) is 0 Å². The minimum atomic E-state index is 0.120. The predicted molar refractivity (Wildman–Crippen MR) is 115 cm³/mol. The van der Waals surface area contributed by atoms with Crippen LogP contribution in [-0.2, 0) is 12.8 Å². The van der Waals surface area contributed by atoms with Gasteiger partial charge in [0.1, 0.15) is 12.1 Å². The van der Waals surface area contributed by atoms with E-state index in [2.05, 4.69) is 32.8 Å². The maximum Gasteiger partial charge on any atom is 0.254 e.